The molecule has 0 saturated heterocycles. The van der Waals surface area contributed by atoms with Crippen LogP contribution in [-0.2, 0) is 13.0 Å². The lowest BCUT2D eigenvalue weighted by Crippen LogP contribution is -2.04. The Morgan fingerprint density at radius 2 is 1.64 bits per heavy atom. The first-order valence-corrected chi connectivity index (χ1v) is 8.34. The molecule has 0 bridgehead atoms. The van der Waals surface area contributed by atoms with Gasteiger partial charge in [-0.1, -0.05) is 72.7 Å². The van der Waals surface area contributed by atoms with Crippen LogP contribution in [0.5, 0.6) is 0 Å². The molecule has 2 heterocycles. The van der Waals surface area contributed by atoms with E-state index < -0.39 is 0 Å². The van der Waals surface area contributed by atoms with Gasteiger partial charge in [0.2, 0.25) is 5.58 Å². The zero-order valence-electron chi connectivity index (χ0n) is 13.9. The molecular weight excluding hydrogens is 312 g/mol. The maximum atomic E-state index is 5.59. The molecule has 1 N–H and O–H groups in total. The fourth-order valence-corrected chi connectivity index (χ4v) is 2.72. The molecule has 0 radical (unpaired) electrons. The van der Waals surface area contributed by atoms with Gasteiger partial charge in [0.1, 0.15) is 17.0 Å². The minimum Gasteiger partial charge on any atom is -0.363 e. The molecule has 0 fully saturated rings. The van der Waals surface area contributed by atoms with E-state index in [1.165, 1.54) is 5.56 Å². The molecule has 0 unspecified atom stereocenters. The summed E-state index contributed by atoms with van der Waals surface area (Å²) in [6.07, 6.45) is 0.745. The summed E-state index contributed by atoms with van der Waals surface area (Å²) >= 11 is 0. The van der Waals surface area contributed by atoms with Crippen molar-refractivity contribution in [3.8, 4) is 11.3 Å². The molecule has 0 aliphatic carbocycles. The van der Waals surface area contributed by atoms with Crippen LogP contribution >= 0.6 is 0 Å². The normalized spacial score (nSPS) is 10.9. The smallest absolute Gasteiger partial charge is 0.228 e. The molecule has 124 valence electrons. The van der Waals surface area contributed by atoms with Gasteiger partial charge in [0, 0.05) is 18.5 Å². The van der Waals surface area contributed by atoms with Gasteiger partial charge in [0.15, 0.2) is 5.82 Å². The van der Waals surface area contributed by atoms with Crippen molar-refractivity contribution < 1.29 is 4.52 Å². The highest BCUT2D eigenvalue weighted by Crippen LogP contribution is 2.30. The molecule has 0 aliphatic heterocycles. The van der Waals surface area contributed by atoms with E-state index >= 15 is 0 Å². The summed E-state index contributed by atoms with van der Waals surface area (Å²) in [5.74, 6) is 1.45. The van der Waals surface area contributed by atoms with E-state index in [-0.39, 0.29) is 0 Å². The third-order valence-electron chi connectivity index (χ3n) is 4.03. The number of hydrogen-bond donors (Lipinski definition) is 1. The fraction of sp³-hybridized carbons (Fsp3) is 0.150. The van der Waals surface area contributed by atoms with Crippen molar-refractivity contribution in [3.05, 3.63) is 72.1 Å². The van der Waals surface area contributed by atoms with Gasteiger partial charge < -0.3 is 9.84 Å². The summed E-state index contributed by atoms with van der Waals surface area (Å²) in [5.41, 5.74) is 4.24. The average molecular weight is 330 g/mol. The SMILES string of the molecule is CCc1nc(NCc2ccccc2)c2onc(-c3ccccc3)c2n1. The van der Waals surface area contributed by atoms with E-state index in [4.69, 9.17) is 4.52 Å². The number of nitrogens with zero attached hydrogens (tertiary/aromatic N) is 3. The fourth-order valence-electron chi connectivity index (χ4n) is 2.72. The zero-order chi connectivity index (χ0) is 17.1. The molecule has 4 aromatic rings. The van der Waals surface area contributed by atoms with Crippen molar-refractivity contribution in [3.63, 3.8) is 0 Å². The Balaban J connectivity index is 1.75. The van der Waals surface area contributed by atoms with Gasteiger partial charge in [-0.25, -0.2) is 9.97 Å². The van der Waals surface area contributed by atoms with E-state index in [0.29, 0.717) is 17.9 Å². The number of aromatic nitrogens is 3. The summed E-state index contributed by atoms with van der Waals surface area (Å²) in [7, 11) is 0. The molecular formula is C20H18N4O. The average Bonchev–Trinajstić information content (AvgIpc) is 3.11. The van der Waals surface area contributed by atoms with Crippen LogP contribution in [0.4, 0.5) is 5.82 Å². The maximum absolute atomic E-state index is 5.59. The van der Waals surface area contributed by atoms with E-state index in [0.717, 1.165) is 29.0 Å². The molecule has 25 heavy (non-hydrogen) atoms. The minimum absolute atomic E-state index is 0.590. The number of rotatable bonds is 5. The van der Waals surface area contributed by atoms with Crippen LogP contribution in [0.2, 0.25) is 0 Å². The lowest BCUT2D eigenvalue weighted by molar-refractivity contribution is 0.459. The Bertz CT molecular complexity index is 981. The van der Waals surface area contributed by atoms with Crippen LogP contribution in [0.25, 0.3) is 22.4 Å². The monoisotopic (exact) mass is 330 g/mol. The topological polar surface area (TPSA) is 63.8 Å². The van der Waals surface area contributed by atoms with Crippen molar-refractivity contribution in [1.82, 2.24) is 15.1 Å². The van der Waals surface area contributed by atoms with Gasteiger partial charge in [-0.3, -0.25) is 0 Å². The molecule has 5 nitrogen and oxygen atoms in total. The van der Waals surface area contributed by atoms with Crippen LogP contribution in [0.1, 0.15) is 18.3 Å². The molecule has 0 saturated carbocycles. The summed E-state index contributed by atoms with van der Waals surface area (Å²) in [5, 5.41) is 7.60. The Kier molecular flexibility index (Phi) is 4.12. The van der Waals surface area contributed by atoms with Crippen molar-refractivity contribution >= 4 is 16.9 Å². The summed E-state index contributed by atoms with van der Waals surface area (Å²) in [4.78, 5) is 9.22. The molecule has 0 aliphatic rings. The number of fused-ring (bicyclic) bond motifs is 1. The van der Waals surface area contributed by atoms with Crippen molar-refractivity contribution in [2.75, 3.05) is 5.32 Å². The van der Waals surface area contributed by atoms with Gasteiger partial charge in [-0.2, -0.15) is 0 Å². The second kappa shape index (κ2) is 6.73. The maximum Gasteiger partial charge on any atom is 0.228 e. The first kappa shape index (κ1) is 15.3. The second-order valence-electron chi connectivity index (χ2n) is 5.76. The van der Waals surface area contributed by atoms with E-state index in [1.807, 2.05) is 55.5 Å². The largest absolute Gasteiger partial charge is 0.363 e. The predicted molar refractivity (Wildman–Crippen MR) is 98.2 cm³/mol. The van der Waals surface area contributed by atoms with Crippen LogP contribution in [0, 0.1) is 0 Å². The summed E-state index contributed by atoms with van der Waals surface area (Å²) in [6, 6.07) is 20.1. The van der Waals surface area contributed by atoms with Crippen LogP contribution in [0.3, 0.4) is 0 Å². The summed E-state index contributed by atoms with van der Waals surface area (Å²) in [6.45, 7) is 2.70. The minimum atomic E-state index is 0.590. The van der Waals surface area contributed by atoms with Gasteiger partial charge in [-0.15, -0.1) is 0 Å². The quantitative estimate of drug-likeness (QED) is 0.585. The van der Waals surface area contributed by atoms with Crippen LogP contribution in [-0.4, -0.2) is 15.1 Å². The van der Waals surface area contributed by atoms with Crippen LogP contribution in [0.15, 0.2) is 65.2 Å². The second-order valence-corrected chi connectivity index (χ2v) is 5.76. The Morgan fingerprint density at radius 3 is 2.36 bits per heavy atom. The van der Waals surface area contributed by atoms with Gasteiger partial charge in [-0.05, 0) is 5.56 Å². The third-order valence-corrected chi connectivity index (χ3v) is 4.03. The number of benzene rings is 2. The highest BCUT2D eigenvalue weighted by Gasteiger charge is 2.17. The Hall–Kier alpha value is -3.21. The Morgan fingerprint density at radius 1 is 0.920 bits per heavy atom. The first-order valence-electron chi connectivity index (χ1n) is 8.34. The first-order chi connectivity index (χ1) is 12.3. The lowest BCUT2D eigenvalue weighted by Gasteiger charge is -2.07. The van der Waals surface area contributed by atoms with Crippen molar-refractivity contribution in [2.24, 2.45) is 0 Å². The molecule has 4 rings (SSSR count). The number of anilines is 1. The van der Waals surface area contributed by atoms with Gasteiger partial charge >= 0.3 is 0 Å². The molecule has 5 heteroatoms. The highest BCUT2D eigenvalue weighted by atomic mass is 16.5. The number of aryl methyl sites for hydroxylation is 1. The molecule has 0 atom stereocenters. The lowest BCUT2D eigenvalue weighted by atomic mass is 10.1. The molecule has 2 aromatic carbocycles. The molecule has 0 amide bonds. The number of nitrogens with one attached hydrogen (secondary N) is 1. The number of hydrogen-bond acceptors (Lipinski definition) is 5. The summed E-state index contributed by atoms with van der Waals surface area (Å²) < 4.78 is 5.59. The van der Waals surface area contributed by atoms with E-state index in [9.17, 15) is 0 Å². The van der Waals surface area contributed by atoms with E-state index in [2.05, 4.69) is 32.6 Å². The standard InChI is InChI=1S/C20H18N4O/c1-2-16-22-18-17(15-11-7-4-8-12-15)24-25-19(18)20(23-16)21-13-14-9-5-3-6-10-14/h3-12H,2,13H2,1H3,(H,21,22,23). The molecule has 0 spiro atoms. The van der Waals surface area contributed by atoms with Crippen molar-refractivity contribution in [1.29, 1.82) is 0 Å². The highest BCUT2D eigenvalue weighted by molar-refractivity contribution is 5.93. The zero-order valence-corrected chi connectivity index (χ0v) is 13.9. The van der Waals surface area contributed by atoms with Gasteiger partial charge in [0.05, 0.1) is 0 Å². The Labute approximate surface area is 145 Å². The molecule has 2 aromatic heterocycles. The predicted octanol–water partition coefficient (Wildman–Crippen LogP) is 4.46. The van der Waals surface area contributed by atoms with E-state index in [1.54, 1.807) is 0 Å². The van der Waals surface area contributed by atoms with Crippen LogP contribution < -0.4 is 5.32 Å². The van der Waals surface area contributed by atoms with Crippen molar-refractivity contribution in [2.45, 2.75) is 19.9 Å². The third kappa shape index (κ3) is 3.08. The van der Waals surface area contributed by atoms with Gasteiger partial charge in [0.25, 0.3) is 0 Å².